The number of carbonyl (C=O) groups excluding carboxylic acids is 3. The smallest absolute Gasteiger partial charge is 0.338 e. The lowest BCUT2D eigenvalue weighted by atomic mass is 10.1. The highest BCUT2D eigenvalue weighted by atomic mass is 16.5. The quantitative estimate of drug-likeness (QED) is 0.677. The van der Waals surface area contributed by atoms with E-state index in [1.807, 2.05) is 24.3 Å². The Morgan fingerprint density at radius 1 is 1.03 bits per heavy atom. The third-order valence-electron chi connectivity index (χ3n) is 5.09. The summed E-state index contributed by atoms with van der Waals surface area (Å²) in [6.45, 7) is 2.94. The molecule has 1 aliphatic rings. The molecule has 29 heavy (non-hydrogen) atoms. The van der Waals surface area contributed by atoms with Crippen molar-refractivity contribution in [3.05, 3.63) is 65.2 Å². The van der Waals surface area contributed by atoms with Crippen LogP contribution in [0.5, 0.6) is 0 Å². The first-order chi connectivity index (χ1) is 14.0. The number of aryl methyl sites for hydroxylation is 1. The SMILES string of the molecule is CCc1ccc(CN(C)C(=O)COC(=O)c2ccc(N3CCCC3=O)cc2)cc1. The molecule has 1 aliphatic heterocycles. The van der Waals surface area contributed by atoms with Crippen LogP contribution in [0.15, 0.2) is 48.5 Å². The van der Waals surface area contributed by atoms with Gasteiger partial charge in [-0.2, -0.15) is 0 Å². The maximum absolute atomic E-state index is 12.3. The molecule has 2 aromatic rings. The Bertz CT molecular complexity index is 875. The molecule has 6 heteroatoms. The highest BCUT2D eigenvalue weighted by Gasteiger charge is 2.22. The van der Waals surface area contributed by atoms with Crippen molar-refractivity contribution in [1.82, 2.24) is 4.90 Å². The van der Waals surface area contributed by atoms with E-state index in [1.165, 1.54) is 10.5 Å². The van der Waals surface area contributed by atoms with Crippen LogP contribution in [0.4, 0.5) is 5.69 Å². The minimum atomic E-state index is -0.557. The molecular weight excluding hydrogens is 368 g/mol. The van der Waals surface area contributed by atoms with E-state index in [4.69, 9.17) is 4.74 Å². The molecule has 0 radical (unpaired) electrons. The first-order valence-electron chi connectivity index (χ1n) is 9.87. The van der Waals surface area contributed by atoms with Gasteiger partial charge in [0, 0.05) is 32.2 Å². The zero-order valence-electron chi connectivity index (χ0n) is 16.9. The Labute approximate surface area is 171 Å². The monoisotopic (exact) mass is 394 g/mol. The summed E-state index contributed by atoms with van der Waals surface area (Å²) in [7, 11) is 1.69. The summed E-state index contributed by atoms with van der Waals surface area (Å²) in [4.78, 5) is 39.5. The van der Waals surface area contributed by atoms with Gasteiger partial charge in [0.25, 0.3) is 5.91 Å². The molecule has 0 atom stereocenters. The topological polar surface area (TPSA) is 66.9 Å². The van der Waals surface area contributed by atoms with Crippen molar-refractivity contribution in [2.24, 2.45) is 0 Å². The predicted octanol–water partition coefficient (Wildman–Crippen LogP) is 3.19. The van der Waals surface area contributed by atoms with Crippen molar-refractivity contribution in [1.29, 1.82) is 0 Å². The van der Waals surface area contributed by atoms with Crippen LogP contribution < -0.4 is 4.90 Å². The molecule has 0 unspecified atom stereocenters. The van der Waals surface area contributed by atoms with Gasteiger partial charge in [-0.3, -0.25) is 9.59 Å². The third-order valence-corrected chi connectivity index (χ3v) is 5.09. The van der Waals surface area contributed by atoms with Crippen LogP contribution in [0.2, 0.25) is 0 Å². The normalized spacial score (nSPS) is 13.4. The number of carbonyl (C=O) groups is 3. The molecule has 0 aromatic heterocycles. The number of amides is 2. The number of hydrogen-bond donors (Lipinski definition) is 0. The fourth-order valence-corrected chi connectivity index (χ4v) is 3.26. The van der Waals surface area contributed by atoms with E-state index in [0.717, 1.165) is 24.1 Å². The summed E-state index contributed by atoms with van der Waals surface area (Å²) in [5.74, 6) is -0.728. The second-order valence-electron chi connectivity index (χ2n) is 7.19. The Morgan fingerprint density at radius 3 is 2.28 bits per heavy atom. The van der Waals surface area contributed by atoms with Crippen molar-refractivity contribution in [3.8, 4) is 0 Å². The average Bonchev–Trinajstić information content (AvgIpc) is 3.18. The fraction of sp³-hybridized carbons (Fsp3) is 0.348. The van der Waals surface area contributed by atoms with Gasteiger partial charge < -0.3 is 14.5 Å². The summed E-state index contributed by atoms with van der Waals surface area (Å²) < 4.78 is 5.16. The fourth-order valence-electron chi connectivity index (χ4n) is 3.26. The number of rotatable bonds is 7. The van der Waals surface area contributed by atoms with Gasteiger partial charge in [0.05, 0.1) is 5.56 Å². The number of benzene rings is 2. The molecule has 0 saturated carbocycles. The molecule has 152 valence electrons. The van der Waals surface area contributed by atoms with Gasteiger partial charge in [-0.15, -0.1) is 0 Å². The molecule has 0 aliphatic carbocycles. The van der Waals surface area contributed by atoms with Crippen LogP contribution in [-0.4, -0.2) is 42.9 Å². The molecule has 2 amide bonds. The molecule has 2 aromatic carbocycles. The maximum atomic E-state index is 12.3. The summed E-state index contributed by atoms with van der Waals surface area (Å²) in [5.41, 5.74) is 3.40. The van der Waals surface area contributed by atoms with Gasteiger partial charge in [0.1, 0.15) is 0 Å². The van der Waals surface area contributed by atoms with Crippen LogP contribution in [0.3, 0.4) is 0 Å². The second kappa shape index (κ2) is 9.37. The van der Waals surface area contributed by atoms with Crippen molar-refractivity contribution < 1.29 is 19.1 Å². The molecule has 0 N–H and O–H groups in total. The Hall–Kier alpha value is -3.15. The van der Waals surface area contributed by atoms with Gasteiger partial charge in [-0.25, -0.2) is 4.79 Å². The molecule has 6 nitrogen and oxygen atoms in total. The largest absolute Gasteiger partial charge is 0.452 e. The first-order valence-corrected chi connectivity index (χ1v) is 9.87. The standard InChI is InChI=1S/C23H26N2O4/c1-3-17-6-8-18(9-7-17)15-24(2)22(27)16-29-23(28)19-10-12-20(13-11-19)25-14-4-5-21(25)26/h6-13H,3-5,14-16H2,1-2H3. The van der Waals surface area contributed by atoms with Gasteiger partial charge in [-0.05, 0) is 48.2 Å². The van der Waals surface area contributed by atoms with Gasteiger partial charge in [0.2, 0.25) is 5.91 Å². The van der Waals surface area contributed by atoms with E-state index >= 15 is 0 Å². The van der Waals surface area contributed by atoms with Crippen LogP contribution in [0.1, 0.15) is 41.3 Å². The number of likely N-dealkylation sites (N-methyl/N-ethyl adjacent to an activating group) is 1. The van der Waals surface area contributed by atoms with Crippen LogP contribution in [-0.2, 0) is 27.3 Å². The van der Waals surface area contributed by atoms with Gasteiger partial charge in [-0.1, -0.05) is 31.2 Å². The van der Waals surface area contributed by atoms with E-state index in [0.29, 0.717) is 25.1 Å². The molecule has 3 rings (SSSR count). The van der Waals surface area contributed by atoms with E-state index in [9.17, 15) is 14.4 Å². The first kappa shape index (κ1) is 20.6. The van der Waals surface area contributed by atoms with Crippen LogP contribution in [0.25, 0.3) is 0 Å². The van der Waals surface area contributed by atoms with E-state index in [-0.39, 0.29) is 18.4 Å². The zero-order valence-corrected chi connectivity index (χ0v) is 16.9. The summed E-state index contributed by atoms with van der Waals surface area (Å²) >= 11 is 0. The minimum Gasteiger partial charge on any atom is -0.452 e. The Morgan fingerprint density at radius 2 is 1.69 bits per heavy atom. The molecule has 0 spiro atoms. The Kier molecular flexibility index (Phi) is 6.65. The van der Waals surface area contributed by atoms with Crippen molar-refractivity contribution in [2.75, 3.05) is 25.1 Å². The number of ether oxygens (including phenoxy) is 1. The molecule has 1 saturated heterocycles. The zero-order chi connectivity index (χ0) is 20.8. The lowest BCUT2D eigenvalue weighted by Gasteiger charge is -2.18. The lowest BCUT2D eigenvalue weighted by molar-refractivity contribution is -0.133. The minimum absolute atomic E-state index is 0.0956. The van der Waals surface area contributed by atoms with Crippen molar-refractivity contribution >= 4 is 23.5 Å². The molecule has 1 fully saturated rings. The highest BCUT2D eigenvalue weighted by Crippen LogP contribution is 2.21. The summed E-state index contributed by atoms with van der Waals surface area (Å²) in [5, 5.41) is 0. The van der Waals surface area contributed by atoms with E-state index in [1.54, 1.807) is 36.2 Å². The van der Waals surface area contributed by atoms with Gasteiger partial charge in [0.15, 0.2) is 6.61 Å². The number of hydrogen-bond acceptors (Lipinski definition) is 4. The summed E-state index contributed by atoms with van der Waals surface area (Å²) in [6, 6.07) is 14.8. The molecular formula is C23H26N2O4. The second-order valence-corrected chi connectivity index (χ2v) is 7.19. The van der Waals surface area contributed by atoms with Gasteiger partial charge >= 0.3 is 5.97 Å². The van der Waals surface area contributed by atoms with E-state index in [2.05, 4.69) is 6.92 Å². The molecule has 1 heterocycles. The van der Waals surface area contributed by atoms with Crippen LogP contribution in [0, 0.1) is 0 Å². The predicted molar refractivity (Wildman–Crippen MR) is 111 cm³/mol. The highest BCUT2D eigenvalue weighted by molar-refractivity contribution is 5.96. The molecule has 0 bridgehead atoms. The number of anilines is 1. The Balaban J connectivity index is 1.49. The number of nitrogens with zero attached hydrogens (tertiary/aromatic N) is 2. The van der Waals surface area contributed by atoms with E-state index < -0.39 is 5.97 Å². The van der Waals surface area contributed by atoms with Crippen molar-refractivity contribution in [3.63, 3.8) is 0 Å². The third kappa shape index (κ3) is 5.22. The lowest BCUT2D eigenvalue weighted by Crippen LogP contribution is -2.30. The maximum Gasteiger partial charge on any atom is 0.338 e. The van der Waals surface area contributed by atoms with Crippen LogP contribution >= 0.6 is 0 Å². The summed E-state index contributed by atoms with van der Waals surface area (Å²) in [6.07, 6.45) is 2.38. The number of esters is 1. The van der Waals surface area contributed by atoms with Crippen molar-refractivity contribution in [2.45, 2.75) is 32.7 Å². The average molecular weight is 394 g/mol.